The zero-order chi connectivity index (χ0) is 14.8. The van der Waals surface area contributed by atoms with Crippen molar-refractivity contribution in [3.8, 4) is 0 Å². The van der Waals surface area contributed by atoms with Gasteiger partial charge >= 0.3 is 0 Å². The molecular formula is C16H24N2O2. The summed E-state index contributed by atoms with van der Waals surface area (Å²) in [4.78, 5) is 14.5. The molecule has 1 unspecified atom stereocenters. The first-order valence-corrected chi connectivity index (χ1v) is 7.26. The van der Waals surface area contributed by atoms with Crippen LogP contribution in [0.5, 0.6) is 0 Å². The van der Waals surface area contributed by atoms with Gasteiger partial charge in [0.2, 0.25) is 5.91 Å². The van der Waals surface area contributed by atoms with Crippen LogP contribution < -0.4 is 5.32 Å². The van der Waals surface area contributed by atoms with Crippen molar-refractivity contribution in [3.05, 3.63) is 29.8 Å². The Balaban J connectivity index is 2.16. The summed E-state index contributed by atoms with van der Waals surface area (Å²) in [5.41, 5.74) is 1.30. The molecule has 1 heterocycles. The van der Waals surface area contributed by atoms with E-state index in [4.69, 9.17) is 0 Å². The number of hydrogen-bond acceptors (Lipinski definition) is 3. The van der Waals surface area contributed by atoms with E-state index in [9.17, 15) is 9.90 Å². The lowest BCUT2D eigenvalue weighted by Crippen LogP contribution is -2.49. The number of aliphatic hydroxyl groups is 1. The smallest absolute Gasteiger partial charge is 0.241 e. The SMILES string of the molecule is CCN(CC(C)(C)O)C1CCc2ccccc2NC1=O. The van der Waals surface area contributed by atoms with Gasteiger partial charge in [0, 0.05) is 12.2 Å². The zero-order valence-electron chi connectivity index (χ0n) is 12.5. The van der Waals surface area contributed by atoms with Gasteiger partial charge in [-0.25, -0.2) is 0 Å². The van der Waals surface area contributed by atoms with Crippen LogP contribution in [0.4, 0.5) is 5.69 Å². The Morgan fingerprint density at radius 2 is 2.10 bits per heavy atom. The molecule has 1 atom stereocenters. The Bertz CT molecular complexity index is 480. The van der Waals surface area contributed by atoms with Gasteiger partial charge < -0.3 is 10.4 Å². The van der Waals surface area contributed by atoms with Crippen LogP contribution in [-0.2, 0) is 11.2 Å². The maximum Gasteiger partial charge on any atom is 0.241 e. The number of benzene rings is 1. The number of rotatable bonds is 4. The van der Waals surface area contributed by atoms with Gasteiger partial charge in [-0.1, -0.05) is 25.1 Å². The first-order valence-electron chi connectivity index (χ1n) is 7.26. The summed E-state index contributed by atoms with van der Waals surface area (Å²) in [6.45, 7) is 6.82. The Hall–Kier alpha value is -1.39. The summed E-state index contributed by atoms with van der Waals surface area (Å²) in [6.07, 6.45) is 1.66. The van der Waals surface area contributed by atoms with E-state index in [0.717, 1.165) is 25.1 Å². The molecule has 0 bridgehead atoms. The fourth-order valence-corrected chi connectivity index (χ4v) is 2.79. The highest BCUT2D eigenvalue weighted by atomic mass is 16.3. The Labute approximate surface area is 120 Å². The van der Waals surface area contributed by atoms with Crippen molar-refractivity contribution in [2.24, 2.45) is 0 Å². The molecule has 0 aliphatic carbocycles. The molecule has 20 heavy (non-hydrogen) atoms. The van der Waals surface area contributed by atoms with Crippen molar-refractivity contribution < 1.29 is 9.90 Å². The van der Waals surface area contributed by atoms with Crippen LogP contribution in [0.1, 0.15) is 32.8 Å². The molecule has 1 amide bonds. The Morgan fingerprint density at radius 1 is 1.40 bits per heavy atom. The van der Waals surface area contributed by atoms with E-state index in [1.54, 1.807) is 13.8 Å². The number of para-hydroxylation sites is 1. The second-order valence-corrected chi connectivity index (χ2v) is 6.08. The number of likely N-dealkylation sites (N-methyl/N-ethyl adjacent to an activating group) is 1. The van der Waals surface area contributed by atoms with Gasteiger partial charge in [0.1, 0.15) is 0 Å². The number of nitrogens with zero attached hydrogens (tertiary/aromatic N) is 1. The highest BCUT2D eigenvalue weighted by molar-refractivity contribution is 5.96. The lowest BCUT2D eigenvalue weighted by molar-refractivity contribution is -0.122. The molecule has 0 radical (unpaired) electrons. The van der Waals surface area contributed by atoms with E-state index in [-0.39, 0.29) is 11.9 Å². The van der Waals surface area contributed by atoms with Gasteiger partial charge in [-0.3, -0.25) is 9.69 Å². The number of carbonyl (C=O) groups is 1. The quantitative estimate of drug-likeness (QED) is 0.885. The Morgan fingerprint density at radius 3 is 2.75 bits per heavy atom. The van der Waals surface area contributed by atoms with Crippen LogP contribution in [0.2, 0.25) is 0 Å². The third-order valence-corrected chi connectivity index (χ3v) is 3.70. The zero-order valence-corrected chi connectivity index (χ0v) is 12.5. The number of fused-ring (bicyclic) bond motifs is 1. The van der Waals surface area contributed by atoms with Crippen molar-refractivity contribution in [2.75, 3.05) is 18.4 Å². The van der Waals surface area contributed by atoms with E-state index in [1.165, 1.54) is 5.56 Å². The van der Waals surface area contributed by atoms with Crippen LogP contribution in [0, 0.1) is 0 Å². The largest absolute Gasteiger partial charge is 0.389 e. The summed E-state index contributed by atoms with van der Waals surface area (Å²) in [5, 5.41) is 13.0. The lowest BCUT2D eigenvalue weighted by atomic mass is 10.0. The molecule has 1 aliphatic rings. The van der Waals surface area contributed by atoms with Crippen molar-refractivity contribution in [1.29, 1.82) is 0 Å². The third kappa shape index (κ3) is 3.58. The van der Waals surface area contributed by atoms with Gasteiger partial charge in [-0.05, 0) is 44.9 Å². The maximum absolute atomic E-state index is 12.4. The molecule has 2 rings (SSSR count). The van der Waals surface area contributed by atoms with E-state index in [0.29, 0.717) is 6.54 Å². The summed E-state index contributed by atoms with van der Waals surface area (Å²) in [6, 6.07) is 7.76. The van der Waals surface area contributed by atoms with Crippen LogP contribution in [0.25, 0.3) is 0 Å². The second kappa shape index (κ2) is 5.94. The van der Waals surface area contributed by atoms with Gasteiger partial charge in [-0.2, -0.15) is 0 Å². The molecule has 1 aliphatic heterocycles. The molecule has 0 spiro atoms. The number of anilines is 1. The topological polar surface area (TPSA) is 52.6 Å². The number of hydrogen-bond donors (Lipinski definition) is 2. The summed E-state index contributed by atoms with van der Waals surface area (Å²) >= 11 is 0. The van der Waals surface area contributed by atoms with Crippen LogP contribution in [0.15, 0.2) is 24.3 Å². The van der Waals surface area contributed by atoms with Crippen molar-refractivity contribution in [1.82, 2.24) is 4.90 Å². The highest BCUT2D eigenvalue weighted by Crippen LogP contribution is 2.24. The number of amides is 1. The maximum atomic E-state index is 12.4. The van der Waals surface area contributed by atoms with Crippen LogP contribution in [0.3, 0.4) is 0 Å². The molecule has 0 aromatic heterocycles. The van der Waals surface area contributed by atoms with E-state index >= 15 is 0 Å². The standard InChI is InChI=1S/C16H24N2O2/c1-4-18(11-16(2,3)20)14-10-9-12-7-5-6-8-13(12)17-15(14)19/h5-8,14,20H,4,9-11H2,1-3H3,(H,17,19). The van der Waals surface area contributed by atoms with E-state index in [2.05, 4.69) is 16.3 Å². The van der Waals surface area contributed by atoms with E-state index < -0.39 is 5.60 Å². The molecule has 2 N–H and O–H groups in total. The minimum Gasteiger partial charge on any atom is -0.389 e. The fraction of sp³-hybridized carbons (Fsp3) is 0.562. The third-order valence-electron chi connectivity index (χ3n) is 3.70. The molecule has 0 fully saturated rings. The number of nitrogens with one attached hydrogen (secondary N) is 1. The lowest BCUT2D eigenvalue weighted by Gasteiger charge is -2.33. The number of carbonyl (C=O) groups excluding carboxylic acids is 1. The summed E-state index contributed by atoms with van der Waals surface area (Å²) in [7, 11) is 0. The molecule has 1 aromatic rings. The molecule has 110 valence electrons. The predicted octanol–water partition coefficient (Wildman–Crippen LogP) is 2.03. The normalized spacial score (nSPS) is 19.4. The molecule has 1 aromatic carbocycles. The van der Waals surface area contributed by atoms with Gasteiger partial charge in [0.05, 0.1) is 11.6 Å². The second-order valence-electron chi connectivity index (χ2n) is 6.08. The van der Waals surface area contributed by atoms with E-state index in [1.807, 2.05) is 25.1 Å². The fourth-order valence-electron chi connectivity index (χ4n) is 2.79. The average molecular weight is 276 g/mol. The summed E-state index contributed by atoms with van der Waals surface area (Å²) in [5.74, 6) is 0.0288. The first kappa shape index (κ1) is 15.0. The average Bonchev–Trinajstić information content (AvgIpc) is 2.53. The van der Waals surface area contributed by atoms with Crippen LogP contribution in [-0.4, -0.2) is 40.6 Å². The van der Waals surface area contributed by atoms with Gasteiger partial charge in [-0.15, -0.1) is 0 Å². The highest BCUT2D eigenvalue weighted by Gasteiger charge is 2.30. The molecule has 4 heteroatoms. The number of aryl methyl sites for hydroxylation is 1. The van der Waals surface area contributed by atoms with Gasteiger partial charge in [0.15, 0.2) is 0 Å². The molecule has 4 nitrogen and oxygen atoms in total. The molecule has 0 saturated carbocycles. The van der Waals surface area contributed by atoms with Crippen molar-refractivity contribution in [3.63, 3.8) is 0 Å². The van der Waals surface area contributed by atoms with Crippen LogP contribution >= 0.6 is 0 Å². The minimum absolute atomic E-state index is 0.0288. The monoisotopic (exact) mass is 276 g/mol. The van der Waals surface area contributed by atoms with Gasteiger partial charge in [0.25, 0.3) is 0 Å². The molecular weight excluding hydrogens is 252 g/mol. The Kier molecular flexibility index (Phi) is 4.45. The first-order chi connectivity index (χ1) is 9.40. The predicted molar refractivity (Wildman–Crippen MR) is 80.7 cm³/mol. The van der Waals surface area contributed by atoms with Crippen molar-refractivity contribution >= 4 is 11.6 Å². The summed E-state index contributed by atoms with van der Waals surface area (Å²) < 4.78 is 0. The minimum atomic E-state index is -0.796. The van der Waals surface area contributed by atoms with Crippen molar-refractivity contribution in [2.45, 2.75) is 45.3 Å². The molecule has 0 saturated heterocycles.